The Balaban J connectivity index is 1.84. The molecule has 1 heterocycles. The van der Waals surface area contributed by atoms with Crippen LogP contribution in [0.1, 0.15) is 23.0 Å². The van der Waals surface area contributed by atoms with Crippen molar-refractivity contribution in [2.24, 2.45) is 0 Å². The number of anilines is 1. The minimum atomic E-state index is -4.78. The van der Waals surface area contributed by atoms with Crippen molar-refractivity contribution in [3.05, 3.63) is 64.1 Å². The van der Waals surface area contributed by atoms with Crippen LogP contribution in [-0.2, 0) is 6.54 Å². The second kappa shape index (κ2) is 7.34. The molecule has 1 amide bonds. The summed E-state index contributed by atoms with van der Waals surface area (Å²) in [6, 6.07) is 9.57. The number of amides is 1. The van der Waals surface area contributed by atoms with Crippen LogP contribution in [0.4, 0.5) is 18.9 Å². The summed E-state index contributed by atoms with van der Waals surface area (Å²) in [5.41, 5.74) is 1.86. The number of fused-ring (bicyclic) bond motifs is 1. The molecule has 2 aromatic carbocycles. The first kappa shape index (κ1) is 19.4. The molecule has 0 radical (unpaired) electrons. The normalized spacial score (nSPS) is 11.5. The van der Waals surface area contributed by atoms with E-state index in [1.165, 1.54) is 12.1 Å². The Kier molecular flexibility index (Phi) is 5.08. The average molecular weight is 391 g/mol. The second-order valence-corrected chi connectivity index (χ2v) is 5.98. The van der Waals surface area contributed by atoms with Gasteiger partial charge in [-0.1, -0.05) is 0 Å². The zero-order valence-electron chi connectivity index (χ0n) is 15.0. The highest BCUT2D eigenvalue weighted by Gasteiger charge is 2.30. The van der Waals surface area contributed by atoms with E-state index in [1.807, 2.05) is 6.92 Å². The molecule has 1 N–H and O–H groups in total. The number of halogens is 3. The highest BCUT2D eigenvalue weighted by atomic mass is 19.4. The number of aryl methyl sites for hydroxylation is 2. The van der Waals surface area contributed by atoms with Gasteiger partial charge in [0.05, 0.1) is 11.0 Å². The number of hydrogen-bond acceptors (Lipinski definition) is 4. The van der Waals surface area contributed by atoms with E-state index < -0.39 is 12.3 Å². The van der Waals surface area contributed by atoms with E-state index in [1.54, 1.807) is 29.7 Å². The molecule has 0 spiro atoms. The summed E-state index contributed by atoms with van der Waals surface area (Å²) in [6.07, 6.45) is -4.78. The van der Waals surface area contributed by atoms with Crippen molar-refractivity contribution in [3.63, 3.8) is 0 Å². The van der Waals surface area contributed by atoms with E-state index >= 15 is 0 Å². The third-order valence-corrected chi connectivity index (χ3v) is 4.03. The van der Waals surface area contributed by atoms with Gasteiger partial charge in [-0.25, -0.2) is 4.98 Å². The van der Waals surface area contributed by atoms with Crippen LogP contribution in [0.3, 0.4) is 0 Å². The summed E-state index contributed by atoms with van der Waals surface area (Å²) in [7, 11) is 0. The number of carbonyl (C=O) groups excluding carboxylic acids is 1. The predicted octanol–water partition coefficient (Wildman–Crippen LogP) is 3.88. The summed E-state index contributed by atoms with van der Waals surface area (Å²) >= 11 is 0. The molecule has 6 nitrogen and oxygen atoms in total. The maximum absolute atomic E-state index is 12.5. The van der Waals surface area contributed by atoms with Crippen molar-refractivity contribution in [2.75, 3.05) is 5.32 Å². The Morgan fingerprint density at radius 1 is 1.18 bits per heavy atom. The average Bonchev–Trinajstić information content (AvgIpc) is 2.63. The maximum atomic E-state index is 12.5. The Labute approximate surface area is 157 Å². The Morgan fingerprint density at radius 2 is 1.86 bits per heavy atom. The summed E-state index contributed by atoms with van der Waals surface area (Å²) in [6.45, 7) is 3.91. The van der Waals surface area contributed by atoms with Gasteiger partial charge >= 0.3 is 6.36 Å². The number of hydrogen-bond donors (Lipinski definition) is 1. The van der Waals surface area contributed by atoms with Crippen LogP contribution in [0.15, 0.2) is 47.3 Å². The summed E-state index contributed by atoms with van der Waals surface area (Å²) < 4.78 is 41.9. The number of ether oxygens (including phenoxy) is 1. The number of carbonyl (C=O) groups is 1. The topological polar surface area (TPSA) is 73.2 Å². The molecule has 1 aromatic heterocycles. The molecule has 0 bridgehead atoms. The van der Waals surface area contributed by atoms with Gasteiger partial charge in [-0.15, -0.1) is 13.2 Å². The molecular formula is C19H16F3N3O3. The van der Waals surface area contributed by atoms with Crippen LogP contribution in [0.5, 0.6) is 5.75 Å². The molecule has 146 valence electrons. The van der Waals surface area contributed by atoms with Crippen molar-refractivity contribution in [1.29, 1.82) is 0 Å². The largest absolute Gasteiger partial charge is 0.573 e. The fourth-order valence-corrected chi connectivity index (χ4v) is 2.77. The van der Waals surface area contributed by atoms with E-state index in [4.69, 9.17) is 0 Å². The Bertz CT molecular complexity index is 1090. The number of nitrogens with zero attached hydrogens (tertiary/aromatic N) is 2. The molecule has 0 aliphatic heterocycles. The lowest BCUT2D eigenvalue weighted by Crippen LogP contribution is -2.23. The molecule has 0 aliphatic rings. The van der Waals surface area contributed by atoms with E-state index in [2.05, 4.69) is 15.0 Å². The third kappa shape index (κ3) is 4.13. The third-order valence-electron chi connectivity index (χ3n) is 4.03. The molecule has 3 rings (SSSR count). The zero-order valence-corrected chi connectivity index (χ0v) is 15.0. The minimum Gasteiger partial charge on any atom is -0.406 e. The smallest absolute Gasteiger partial charge is 0.406 e. The quantitative estimate of drug-likeness (QED) is 0.733. The number of benzene rings is 2. The molecular weight excluding hydrogens is 375 g/mol. The van der Waals surface area contributed by atoms with Gasteiger partial charge < -0.3 is 14.6 Å². The number of rotatable bonds is 4. The van der Waals surface area contributed by atoms with Gasteiger partial charge in [-0.3, -0.25) is 9.59 Å². The van der Waals surface area contributed by atoms with Gasteiger partial charge in [0, 0.05) is 17.8 Å². The summed E-state index contributed by atoms with van der Waals surface area (Å²) in [5, 5.41) is 2.60. The first-order valence-corrected chi connectivity index (χ1v) is 8.36. The first-order valence-electron chi connectivity index (χ1n) is 8.36. The van der Waals surface area contributed by atoms with Gasteiger partial charge in [-0.05, 0) is 56.3 Å². The highest BCUT2D eigenvalue weighted by Crippen LogP contribution is 2.24. The molecule has 0 saturated heterocycles. The lowest BCUT2D eigenvalue weighted by Gasteiger charge is -2.11. The standard InChI is InChI=1S/C19H16F3N3O3/c1-3-25-16-9-4-12(10-15(16)23-11(2)18(25)27)17(26)24-13-5-7-14(8-6-13)28-19(20,21)22/h4-10H,3H2,1-2H3,(H,24,26). The molecule has 0 unspecified atom stereocenters. The van der Waals surface area contributed by atoms with Crippen LogP contribution in [0.25, 0.3) is 11.0 Å². The van der Waals surface area contributed by atoms with Crippen molar-refractivity contribution in [1.82, 2.24) is 9.55 Å². The monoisotopic (exact) mass is 391 g/mol. The number of aromatic nitrogens is 2. The van der Waals surface area contributed by atoms with Crippen LogP contribution in [0.2, 0.25) is 0 Å². The zero-order chi connectivity index (χ0) is 20.5. The van der Waals surface area contributed by atoms with Crippen LogP contribution in [0, 0.1) is 6.92 Å². The van der Waals surface area contributed by atoms with Gasteiger partial charge in [0.15, 0.2) is 0 Å². The van der Waals surface area contributed by atoms with Crippen molar-refractivity contribution >= 4 is 22.6 Å². The first-order chi connectivity index (χ1) is 13.2. The van der Waals surface area contributed by atoms with Crippen LogP contribution < -0.4 is 15.6 Å². The van der Waals surface area contributed by atoms with Gasteiger partial charge in [0.25, 0.3) is 11.5 Å². The fourth-order valence-electron chi connectivity index (χ4n) is 2.77. The van der Waals surface area contributed by atoms with Crippen molar-refractivity contribution < 1.29 is 22.7 Å². The summed E-state index contributed by atoms with van der Waals surface area (Å²) in [5.74, 6) is -0.839. The van der Waals surface area contributed by atoms with E-state index in [0.29, 0.717) is 34.5 Å². The summed E-state index contributed by atoms with van der Waals surface area (Å²) in [4.78, 5) is 28.8. The van der Waals surface area contributed by atoms with E-state index in [-0.39, 0.29) is 11.3 Å². The Morgan fingerprint density at radius 3 is 2.46 bits per heavy atom. The molecule has 3 aromatic rings. The van der Waals surface area contributed by atoms with E-state index in [9.17, 15) is 22.8 Å². The van der Waals surface area contributed by atoms with Gasteiger partial charge in [-0.2, -0.15) is 0 Å². The van der Waals surface area contributed by atoms with Crippen LogP contribution >= 0.6 is 0 Å². The lowest BCUT2D eigenvalue weighted by atomic mass is 10.1. The van der Waals surface area contributed by atoms with Gasteiger partial charge in [0.2, 0.25) is 0 Å². The predicted molar refractivity (Wildman–Crippen MR) is 97.5 cm³/mol. The fraction of sp³-hybridized carbons (Fsp3) is 0.211. The molecule has 0 atom stereocenters. The molecule has 28 heavy (non-hydrogen) atoms. The lowest BCUT2D eigenvalue weighted by molar-refractivity contribution is -0.274. The SMILES string of the molecule is CCn1c(=O)c(C)nc2cc(C(=O)Nc3ccc(OC(F)(F)F)cc3)ccc21. The molecule has 9 heteroatoms. The van der Waals surface area contributed by atoms with E-state index in [0.717, 1.165) is 12.1 Å². The molecule has 0 saturated carbocycles. The minimum absolute atomic E-state index is 0.187. The molecule has 0 aliphatic carbocycles. The Hall–Kier alpha value is -3.36. The van der Waals surface area contributed by atoms with Crippen molar-refractivity contribution in [3.8, 4) is 5.75 Å². The van der Waals surface area contributed by atoms with Gasteiger partial charge in [0.1, 0.15) is 11.4 Å². The second-order valence-electron chi connectivity index (χ2n) is 5.98. The number of alkyl halides is 3. The number of nitrogens with one attached hydrogen (secondary N) is 1. The van der Waals surface area contributed by atoms with Crippen LogP contribution in [-0.4, -0.2) is 21.8 Å². The van der Waals surface area contributed by atoms with Crippen molar-refractivity contribution in [2.45, 2.75) is 26.8 Å². The highest BCUT2D eigenvalue weighted by molar-refractivity contribution is 6.05. The molecule has 0 fully saturated rings. The maximum Gasteiger partial charge on any atom is 0.573 e.